The van der Waals surface area contributed by atoms with Crippen LogP contribution in [0.1, 0.15) is 40.0 Å². The molecule has 2 aliphatic rings. The lowest BCUT2D eigenvalue weighted by atomic mass is 9.48. The van der Waals surface area contributed by atoms with Gasteiger partial charge in [0.2, 0.25) is 0 Å². The van der Waals surface area contributed by atoms with E-state index in [4.69, 9.17) is 4.74 Å². The molecule has 2 aliphatic carbocycles. The maximum absolute atomic E-state index is 12.6. The molecule has 1 N–H and O–H groups in total. The van der Waals surface area contributed by atoms with E-state index in [1.807, 2.05) is 12.2 Å². The molecule has 0 aromatic rings. The van der Waals surface area contributed by atoms with Crippen molar-refractivity contribution in [3.8, 4) is 0 Å². The molecule has 1 saturated carbocycles. The normalized spacial score (nSPS) is 37.8. The van der Waals surface area contributed by atoms with Gasteiger partial charge in [-0.3, -0.25) is 9.59 Å². The topological polar surface area (TPSA) is 63.6 Å². The largest absolute Gasteiger partial charge is 0.465 e. The van der Waals surface area contributed by atoms with E-state index in [9.17, 15) is 14.7 Å². The highest BCUT2D eigenvalue weighted by Crippen LogP contribution is 2.58. The van der Waals surface area contributed by atoms with Gasteiger partial charge < -0.3 is 9.84 Å². The fourth-order valence-corrected chi connectivity index (χ4v) is 4.36. The summed E-state index contributed by atoms with van der Waals surface area (Å²) in [6.45, 7) is 10.0. The molecule has 22 heavy (non-hydrogen) atoms. The molecule has 0 spiro atoms. The summed E-state index contributed by atoms with van der Waals surface area (Å²) in [4.78, 5) is 25.1. The van der Waals surface area contributed by atoms with Crippen LogP contribution in [0.4, 0.5) is 0 Å². The van der Waals surface area contributed by atoms with Crippen LogP contribution in [-0.4, -0.2) is 30.1 Å². The van der Waals surface area contributed by atoms with Gasteiger partial charge in [0.1, 0.15) is 5.41 Å². The minimum absolute atomic E-state index is 0.0478. The van der Waals surface area contributed by atoms with E-state index in [0.29, 0.717) is 19.3 Å². The van der Waals surface area contributed by atoms with Crippen molar-refractivity contribution in [3.05, 3.63) is 24.3 Å². The summed E-state index contributed by atoms with van der Waals surface area (Å²) < 4.78 is 5.21. The number of ether oxygens (including phenoxy) is 1. The zero-order valence-electron chi connectivity index (χ0n) is 13.7. The Morgan fingerprint density at radius 1 is 1.50 bits per heavy atom. The smallest absolute Gasteiger partial charge is 0.319 e. The number of carbonyl (C=O) groups excluding carboxylic acids is 2. The van der Waals surface area contributed by atoms with Crippen LogP contribution >= 0.6 is 0 Å². The highest BCUT2D eigenvalue weighted by Gasteiger charge is 2.60. The number of carbonyl (C=O) groups is 2. The molecular weight excluding hydrogens is 280 g/mol. The molecule has 122 valence electrons. The fraction of sp³-hybridized carbons (Fsp3) is 0.667. The molecule has 0 saturated heterocycles. The second-order valence-corrected chi connectivity index (χ2v) is 6.83. The number of aliphatic hydroxyl groups is 1. The van der Waals surface area contributed by atoms with Gasteiger partial charge in [-0.05, 0) is 38.0 Å². The molecule has 0 radical (unpaired) electrons. The van der Waals surface area contributed by atoms with Gasteiger partial charge >= 0.3 is 5.97 Å². The van der Waals surface area contributed by atoms with Crippen LogP contribution in [0.15, 0.2) is 24.3 Å². The predicted molar refractivity (Wildman–Crippen MR) is 84.1 cm³/mol. The molecule has 4 nitrogen and oxygen atoms in total. The van der Waals surface area contributed by atoms with Crippen LogP contribution < -0.4 is 0 Å². The van der Waals surface area contributed by atoms with E-state index in [1.54, 1.807) is 13.8 Å². The summed E-state index contributed by atoms with van der Waals surface area (Å²) in [6, 6.07) is 0. The Hall–Kier alpha value is -1.42. The first kappa shape index (κ1) is 16.9. The van der Waals surface area contributed by atoms with E-state index in [0.717, 1.165) is 5.57 Å². The highest BCUT2D eigenvalue weighted by atomic mass is 16.5. The number of Topliss-reactive ketones (excluding diaryl/α,β-unsaturated/α-hetero) is 1. The summed E-state index contributed by atoms with van der Waals surface area (Å²) in [7, 11) is 0. The molecular formula is C18H26O4. The average Bonchev–Trinajstić information content (AvgIpc) is 2.47. The average molecular weight is 306 g/mol. The third-order valence-corrected chi connectivity index (χ3v) is 5.67. The Bertz CT molecular complexity index is 521. The van der Waals surface area contributed by atoms with Crippen LogP contribution in [0.2, 0.25) is 0 Å². The van der Waals surface area contributed by atoms with Gasteiger partial charge in [-0.25, -0.2) is 0 Å². The number of hydrogen-bond donors (Lipinski definition) is 1. The molecule has 0 amide bonds. The van der Waals surface area contributed by atoms with Crippen LogP contribution in [0.3, 0.4) is 0 Å². The molecule has 0 aliphatic heterocycles. The highest BCUT2D eigenvalue weighted by molar-refractivity contribution is 6.04. The van der Waals surface area contributed by atoms with Crippen LogP contribution in [0, 0.1) is 22.7 Å². The zero-order valence-corrected chi connectivity index (χ0v) is 13.7. The second kappa shape index (κ2) is 5.99. The Balaban J connectivity index is 2.50. The van der Waals surface area contributed by atoms with Gasteiger partial charge in [0.15, 0.2) is 5.78 Å². The van der Waals surface area contributed by atoms with Crippen molar-refractivity contribution in [2.45, 2.75) is 40.0 Å². The minimum atomic E-state index is -1.14. The van der Waals surface area contributed by atoms with E-state index >= 15 is 0 Å². The van der Waals surface area contributed by atoms with Crippen molar-refractivity contribution in [1.82, 2.24) is 0 Å². The van der Waals surface area contributed by atoms with Gasteiger partial charge in [0.05, 0.1) is 6.61 Å². The molecule has 0 aromatic carbocycles. The molecule has 0 heterocycles. The summed E-state index contributed by atoms with van der Waals surface area (Å²) in [5, 5.41) is 9.39. The summed E-state index contributed by atoms with van der Waals surface area (Å²) >= 11 is 0. The molecule has 1 fully saturated rings. The number of hydrogen-bond acceptors (Lipinski definition) is 4. The molecule has 0 unspecified atom stereocenters. The van der Waals surface area contributed by atoms with E-state index in [-0.39, 0.29) is 36.2 Å². The molecule has 4 atom stereocenters. The van der Waals surface area contributed by atoms with Crippen LogP contribution in [-0.2, 0) is 14.3 Å². The minimum Gasteiger partial charge on any atom is -0.465 e. The zero-order chi connectivity index (χ0) is 16.5. The Kier molecular flexibility index (Phi) is 4.62. The number of esters is 1. The lowest BCUT2D eigenvalue weighted by Gasteiger charge is -2.54. The first-order valence-electron chi connectivity index (χ1n) is 8.00. The third kappa shape index (κ3) is 2.34. The standard InChI is InChI=1S/C18H26O4/c1-5-22-16(21)18(4)14-7-6-12(2)13(9-11-19)17(14,3)10-8-15(18)20/h6-7,13-14,19H,2,5,8-11H2,1,3-4H3/t13-,14+,17+,18+/m0/s1. The Morgan fingerprint density at radius 2 is 2.18 bits per heavy atom. The first-order valence-corrected chi connectivity index (χ1v) is 8.00. The number of allylic oxidation sites excluding steroid dienone is 3. The van der Waals surface area contributed by atoms with E-state index in [1.165, 1.54) is 0 Å². The van der Waals surface area contributed by atoms with Gasteiger partial charge in [0.25, 0.3) is 0 Å². The number of rotatable bonds is 4. The van der Waals surface area contributed by atoms with Crippen molar-refractivity contribution in [2.24, 2.45) is 22.7 Å². The third-order valence-electron chi connectivity index (χ3n) is 5.67. The second-order valence-electron chi connectivity index (χ2n) is 6.83. The van der Waals surface area contributed by atoms with Crippen molar-refractivity contribution in [1.29, 1.82) is 0 Å². The van der Waals surface area contributed by atoms with Crippen molar-refractivity contribution >= 4 is 11.8 Å². The molecule has 0 bridgehead atoms. The quantitative estimate of drug-likeness (QED) is 0.640. The van der Waals surface area contributed by atoms with Crippen LogP contribution in [0.25, 0.3) is 0 Å². The molecule has 0 aromatic heterocycles. The first-order chi connectivity index (χ1) is 10.3. The van der Waals surface area contributed by atoms with Gasteiger partial charge in [-0.1, -0.05) is 31.2 Å². The predicted octanol–water partition coefficient (Wildman–Crippen LogP) is 2.67. The van der Waals surface area contributed by atoms with Crippen molar-refractivity contribution in [3.63, 3.8) is 0 Å². The number of ketones is 1. The van der Waals surface area contributed by atoms with Crippen molar-refractivity contribution in [2.75, 3.05) is 13.2 Å². The fourth-order valence-electron chi connectivity index (χ4n) is 4.36. The summed E-state index contributed by atoms with van der Waals surface area (Å²) in [6.07, 6.45) is 5.53. The molecule has 2 rings (SSSR count). The van der Waals surface area contributed by atoms with E-state index in [2.05, 4.69) is 13.5 Å². The van der Waals surface area contributed by atoms with Gasteiger partial charge in [-0.15, -0.1) is 0 Å². The van der Waals surface area contributed by atoms with Gasteiger partial charge in [0, 0.05) is 18.9 Å². The van der Waals surface area contributed by atoms with Crippen molar-refractivity contribution < 1.29 is 19.4 Å². The van der Waals surface area contributed by atoms with E-state index < -0.39 is 11.4 Å². The Labute approximate surface area is 132 Å². The maximum Gasteiger partial charge on any atom is 0.319 e. The summed E-state index contributed by atoms with van der Waals surface area (Å²) in [5.41, 5.74) is -0.439. The molecule has 4 heteroatoms. The SMILES string of the molecule is C=C1C=C[C@H]2[C@@](C)(C(=O)OCC)C(=O)CC[C@]2(C)[C@H]1CCO. The number of aliphatic hydroxyl groups excluding tert-OH is 1. The monoisotopic (exact) mass is 306 g/mol. The Morgan fingerprint density at radius 3 is 2.77 bits per heavy atom. The van der Waals surface area contributed by atoms with Gasteiger partial charge in [-0.2, -0.15) is 0 Å². The maximum atomic E-state index is 12.6. The van der Waals surface area contributed by atoms with Crippen LogP contribution in [0.5, 0.6) is 0 Å². The summed E-state index contributed by atoms with van der Waals surface area (Å²) in [5.74, 6) is -0.624. The lowest BCUT2D eigenvalue weighted by Crippen LogP contribution is -2.56. The lowest BCUT2D eigenvalue weighted by molar-refractivity contribution is -0.170. The number of fused-ring (bicyclic) bond motifs is 1.